The summed E-state index contributed by atoms with van der Waals surface area (Å²) >= 11 is 3.19. The highest BCUT2D eigenvalue weighted by molar-refractivity contribution is 9.10. The minimum atomic E-state index is -2.45. The second kappa shape index (κ2) is 3.53. The Labute approximate surface area is 78.0 Å². The quantitative estimate of drug-likeness (QED) is 0.763. The number of carbonyl (C=O) groups is 1. The first kappa shape index (κ1) is 4.93. The summed E-state index contributed by atoms with van der Waals surface area (Å²) in [5.41, 5.74) is 0.315. The molecular weight excluding hydrogens is 206 g/mol. The highest BCUT2D eigenvalue weighted by Crippen LogP contribution is 2.10. The molecule has 1 aromatic carbocycles. The van der Waals surface area contributed by atoms with Crippen LogP contribution in [0.2, 0.25) is 0 Å². The molecule has 1 N–H and O–H groups in total. The van der Waals surface area contributed by atoms with Crippen LogP contribution in [0.4, 0.5) is 0 Å². The number of amides is 1. The van der Waals surface area contributed by atoms with Gasteiger partial charge in [-0.25, -0.2) is 0 Å². The highest BCUT2D eigenvalue weighted by Gasteiger charge is 2.00. The van der Waals surface area contributed by atoms with Crippen molar-refractivity contribution in [3.05, 3.63) is 34.3 Å². The molecule has 0 bridgehead atoms. The summed E-state index contributed by atoms with van der Waals surface area (Å²) in [6.07, 6.45) is 0. The predicted molar refractivity (Wildman–Crippen MR) is 47.5 cm³/mol. The van der Waals surface area contributed by atoms with Crippen LogP contribution in [0.1, 0.15) is 14.5 Å². The van der Waals surface area contributed by atoms with Crippen LogP contribution in [0.5, 0.6) is 0 Å². The minimum Gasteiger partial charge on any atom is -0.355 e. The molecule has 0 aliphatic rings. The molecule has 58 valence electrons. The van der Waals surface area contributed by atoms with Gasteiger partial charge in [0.2, 0.25) is 0 Å². The van der Waals surface area contributed by atoms with E-state index in [1.807, 2.05) is 5.32 Å². The summed E-state index contributed by atoms with van der Waals surface area (Å²) in [4.78, 5) is 11.3. The lowest BCUT2D eigenvalue weighted by Crippen LogP contribution is -2.17. The van der Waals surface area contributed by atoms with Crippen molar-refractivity contribution in [2.24, 2.45) is 0 Å². The van der Waals surface area contributed by atoms with Gasteiger partial charge in [0.1, 0.15) is 0 Å². The average molecular weight is 217 g/mol. The molecule has 0 atom stereocenters. The van der Waals surface area contributed by atoms with Crippen molar-refractivity contribution in [1.82, 2.24) is 5.32 Å². The molecule has 0 aromatic heterocycles. The third kappa shape index (κ3) is 2.05. The maximum absolute atomic E-state index is 11.3. The lowest BCUT2D eigenvalue weighted by atomic mass is 10.2. The van der Waals surface area contributed by atoms with Crippen LogP contribution in [0, 0.1) is 0 Å². The van der Waals surface area contributed by atoms with E-state index in [-0.39, 0.29) is 0 Å². The summed E-state index contributed by atoms with van der Waals surface area (Å²) in [5.74, 6) is -0.605. The Morgan fingerprint density at radius 2 is 2.55 bits per heavy atom. The molecule has 0 heterocycles. The molecule has 3 heteroatoms. The molecule has 0 spiro atoms. The smallest absolute Gasteiger partial charge is 0.251 e. The summed E-state index contributed by atoms with van der Waals surface area (Å²) in [6, 6.07) is 6.53. The van der Waals surface area contributed by atoms with E-state index in [1.54, 1.807) is 24.3 Å². The fraction of sp³-hybridized carbons (Fsp3) is 0.125. The Kier molecular flexibility index (Phi) is 1.58. The molecule has 0 aliphatic carbocycles. The molecule has 0 fully saturated rings. The minimum absolute atomic E-state index is 0.315. The molecule has 0 saturated carbocycles. The number of nitrogens with one attached hydrogen (secondary N) is 1. The molecule has 0 aliphatic heterocycles. The lowest BCUT2D eigenvalue weighted by Gasteiger charge is -1.98. The molecule has 1 amide bonds. The molecule has 2 nitrogen and oxygen atoms in total. The second-order valence-electron chi connectivity index (χ2n) is 1.96. The van der Waals surface area contributed by atoms with Crippen molar-refractivity contribution in [3.8, 4) is 0 Å². The Bertz CT molecular complexity index is 351. The SMILES string of the molecule is [2H]C([2H])([2H])NC(=O)c1cccc(Br)c1. The van der Waals surface area contributed by atoms with Crippen LogP contribution in [0.15, 0.2) is 28.7 Å². The van der Waals surface area contributed by atoms with Crippen LogP contribution in [-0.2, 0) is 0 Å². The Morgan fingerprint density at radius 1 is 1.73 bits per heavy atom. The van der Waals surface area contributed by atoms with Gasteiger partial charge in [0.25, 0.3) is 5.91 Å². The zero-order valence-electron chi connectivity index (χ0n) is 8.60. The normalized spacial score (nSPS) is 14.5. The first-order chi connectivity index (χ1) is 6.38. The monoisotopic (exact) mass is 216 g/mol. The van der Waals surface area contributed by atoms with Gasteiger partial charge in [-0.1, -0.05) is 22.0 Å². The van der Waals surface area contributed by atoms with Gasteiger partial charge in [-0.3, -0.25) is 4.79 Å². The summed E-state index contributed by atoms with van der Waals surface area (Å²) in [6.45, 7) is -2.45. The van der Waals surface area contributed by atoms with E-state index < -0.39 is 12.9 Å². The maximum atomic E-state index is 11.3. The molecule has 0 saturated heterocycles. The topological polar surface area (TPSA) is 29.1 Å². The van der Waals surface area contributed by atoms with Gasteiger partial charge in [-0.15, -0.1) is 0 Å². The van der Waals surface area contributed by atoms with E-state index in [0.717, 1.165) is 4.47 Å². The molecular formula is C8H8BrNO. The van der Waals surface area contributed by atoms with E-state index in [2.05, 4.69) is 15.9 Å². The first-order valence-electron chi connectivity index (χ1n) is 4.46. The number of halogens is 1. The van der Waals surface area contributed by atoms with Gasteiger partial charge >= 0.3 is 0 Å². The van der Waals surface area contributed by atoms with Gasteiger partial charge < -0.3 is 5.32 Å². The van der Waals surface area contributed by atoms with E-state index in [4.69, 9.17) is 4.11 Å². The molecule has 0 radical (unpaired) electrons. The standard InChI is InChI=1S/C8H8BrNO/c1-10-8(11)6-3-2-4-7(9)5-6/h2-5H,1H3,(H,10,11)/i1D3. The molecule has 11 heavy (non-hydrogen) atoms. The van der Waals surface area contributed by atoms with Crippen molar-refractivity contribution in [1.29, 1.82) is 0 Å². The number of benzene rings is 1. The van der Waals surface area contributed by atoms with Crippen molar-refractivity contribution in [2.45, 2.75) is 0 Å². The number of hydrogen-bond acceptors (Lipinski definition) is 1. The van der Waals surface area contributed by atoms with Crippen molar-refractivity contribution < 1.29 is 8.91 Å². The third-order valence-electron chi connectivity index (χ3n) is 1.20. The summed E-state index contributed by atoms with van der Waals surface area (Å²) < 4.78 is 21.3. The zero-order valence-corrected chi connectivity index (χ0v) is 7.18. The van der Waals surface area contributed by atoms with Crippen molar-refractivity contribution >= 4 is 21.8 Å². The number of hydrogen-bond donors (Lipinski definition) is 1. The highest BCUT2D eigenvalue weighted by atomic mass is 79.9. The van der Waals surface area contributed by atoms with Crippen LogP contribution < -0.4 is 5.32 Å². The lowest BCUT2D eigenvalue weighted by molar-refractivity contribution is 0.0963. The van der Waals surface area contributed by atoms with E-state index in [9.17, 15) is 4.79 Å². The van der Waals surface area contributed by atoms with Gasteiger partial charge in [0, 0.05) is 21.1 Å². The van der Waals surface area contributed by atoms with E-state index >= 15 is 0 Å². The molecule has 1 aromatic rings. The van der Waals surface area contributed by atoms with Gasteiger partial charge in [0.15, 0.2) is 0 Å². The summed E-state index contributed by atoms with van der Waals surface area (Å²) in [7, 11) is 0. The Morgan fingerprint density at radius 3 is 3.18 bits per heavy atom. The Hall–Kier alpha value is -0.830. The fourth-order valence-electron chi connectivity index (χ4n) is 0.702. The third-order valence-corrected chi connectivity index (χ3v) is 1.69. The number of rotatable bonds is 1. The van der Waals surface area contributed by atoms with E-state index in [1.165, 1.54) is 0 Å². The van der Waals surface area contributed by atoms with Crippen molar-refractivity contribution in [2.75, 3.05) is 6.98 Å². The zero-order chi connectivity index (χ0) is 10.8. The second-order valence-corrected chi connectivity index (χ2v) is 2.88. The average Bonchev–Trinajstić information content (AvgIpc) is 2.01. The summed E-state index contributed by atoms with van der Waals surface area (Å²) in [5, 5.41) is 1.90. The van der Waals surface area contributed by atoms with Gasteiger partial charge in [-0.2, -0.15) is 0 Å². The van der Waals surface area contributed by atoms with Crippen LogP contribution in [0.3, 0.4) is 0 Å². The maximum Gasteiger partial charge on any atom is 0.251 e. The largest absolute Gasteiger partial charge is 0.355 e. The molecule has 0 unspecified atom stereocenters. The van der Waals surface area contributed by atoms with Crippen LogP contribution in [-0.4, -0.2) is 12.9 Å². The first-order valence-corrected chi connectivity index (χ1v) is 3.76. The van der Waals surface area contributed by atoms with Crippen LogP contribution in [0.25, 0.3) is 0 Å². The van der Waals surface area contributed by atoms with Gasteiger partial charge in [-0.05, 0) is 18.2 Å². The van der Waals surface area contributed by atoms with E-state index in [0.29, 0.717) is 5.56 Å². The van der Waals surface area contributed by atoms with Crippen LogP contribution >= 0.6 is 15.9 Å². The number of carbonyl (C=O) groups excluding carboxylic acids is 1. The molecule has 1 rings (SSSR count). The Balaban J connectivity index is 2.80. The van der Waals surface area contributed by atoms with Crippen molar-refractivity contribution in [3.63, 3.8) is 0 Å². The van der Waals surface area contributed by atoms with Gasteiger partial charge in [0.05, 0.1) is 0 Å². The predicted octanol–water partition coefficient (Wildman–Crippen LogP) is 1.81. The fourth-order valence-corrected chi connectivity index (χ4v) is 1.10.